The summed E-state index contributed by atoms with van der Waals surface area (Å²) in [5.74, 6) is 2.04. The highest BCUT2D eigenvalue weighted by atomic mass is 35.5. The van der Waals surface area contributed by atoms with Gasteiger partial charge in [0.25, 0.3) is 0 Å². The first kappa shape index (κ1) is 22.2. The maximum atomic E-state index is 12.8. The van der Waals surface area contributed by atoms with Crippen molar-refractivity contribution in [3.8, 4) is 0 Å². The molecular weight excluding hydrogens is 460 g/mol. The first-order valence-electron chi connectivity index (χ1n) is 11.3. The molecule has 0 atom stereocenters. The molecule has 0 spiro atoms. The maximum absolute atomic E-state index is 12.8. The molecule has 3 heterocycles. The van der Waals surface area contributed by atoms with Gasteiger partial charge in [-0.25, -0.2) is 15.0 Å². The van der Waals surface area contributed by atoms with E-state index in [1.54, 1.807) is 18.3 Å². The Morgan fingerprint density at radius 3 is 2.79 bits per heavy atom. The van der Waals surface area contributed by atoms with Gasteiger partial charge in [-0.3, -0.25) is 9.69 Å². The summed E-state index contributed by atoms with van der Waals surface area (Å²) in [6.07, 6.45) is 1.72. The number of thiazole rings is 1. The molecule has 0 bridgehead atoms. The van der Waals surface area contributed by atoms with Crippen LogP contribution in [0.1, 0.15) is 28.0 Å². The zero-order valence-corrected chi connectivity index (χ0v) is 20.2. The third-order valence-electron chi connectivity index (χ3n) is 5.56. The highest BCUT2D eigenvalue weighted by molar-refractivity contribution is 7.17. The fourth-order valence-corrected chi connectivity index (χ4v) is 4.80. The topological polar surface area (TPSA) is 94.5 Å². The fraction of sp³-hybridized carbons (Fsp3) is 0.391. The number of nitrogens with one attached hydrogen (secondary N) is 1. The van der Waals surface area contributed by atoms with Crippen molar-refractivity contribution in [1.82, 2.24) is 19.9 Å². The number of carbonyl (C=O) groups is 1. The Kier molecular flexibility index (Phi) is 7.11. The van der Waals surface area contributed by atoms with Crippen LogP contribution in [0.2, 0.25) is 5.02 Å². The third kappa shape index (κ3) is 5.86. The van der Waals surface area contributed by atoms with Crippen molar-refractivity contribution in [2.75, 3.05) is 49.5 Å². The molecule has 0 amide bonds. The summed E-state index contributed by atoms with van der Waals surface area (Å²) in [4.78, 5) is 31.2. The maximum Gasteiger partial charge on any atom is 0.188 e. The number of benzene rings is 1. The van der Waals surface area contributed by atoms with Gasteiger partial charge in [-0.2, -0.15) is 0 Å². The summed E-state index contributed by atoms with van der Waals surface area (Å²) >= 11 is 7.53. The Morgan fingerprint density at radius 1 is 1.27 bits per heavy atom. The second-order valence-electron chi connectivity index (χ2n) is 7.93. The standard InChI is InChI=1S/C23H27ClN6O2S/c1-15-4-3-5-18(24)17(15)12-19(32)20-14-25-23(33-20)28-21-13-22(27-16(2)26-21)30-8-6-29(7-9-30)10-11-31/h3-5,13-14,31H,6-12H2,1-2H3,(H,25,26,27,28)/i3D. The molecule has 1 aromatic carbocycles. The van der Waals surface area contributed by atoms with Gasteiger partial charge in [-0.1, -0.05) is 35.0 Å². The largest absolute Gasteiger partial charge is 0.395 e. The highest BCUT2D eigenvalue weighted by Gasteiger charge is 2.19. The van der Waals surface area contributed by atoms with Crippen LogP contribution >= 0.6 is 22.9 Å². The summed E-state index contributed by atoms with van der Waals surface area (Å²) in [5.41, 5.74) is 1.57. The zero-order chi connectivity index (χ0) is 24.2. The lowest BCUT2D eigenvalue weighted by atomic mass is 10.0. The number of halogens is 1. The molecule has 4 rings (SSSR count). The van der Waals surface area contributed by atoms with Crippen LogP contribution in [0.15, 0.2) is 30.4 Å². The second-order valence-corrected chi connectivity index (χ2v) is 9.37. The molecule has 1 saturated heterocycles. The molecule has 8 nitrogen and oxygen atoms in total. The molecule has 33 heavy (non-hydrogen) atoms. The van der Waals surface area contributed by atoms with E-state index in [0.29, 0.717) is 39.3 Å². The number of rotatable bonds is 8. The average molecular weight is 488 g/mol. The van der Waals surface area contributed by atoms with Gasteiger partial charge in [0.2, 0.25) is 0 Å². The molecule has 1 fully saturated rings. The van der Waals surface area contributed by atoms with Crippen molar-refractivity contribution >= 4 is 45.5 Å². The predicted molar refractivity (Wildman–Crippen MR) is 132 cm³/mol. The number of carbonyl (C=O) groups excluding carboxylic acids is 1. The molecular formula is C23H27ClN6O2S. The van der Waals surface area contributed by atoms with Gasteiger partial charge in [0.05, 0.1) is 19.1 Å². The van der Waals surface area contributed by atoms with E-state index in [1.807, 2.05) is 19.9 Å². The van der Waals surface area contributed by atoms with Crippen LogP contribution in [0.5, 0.6) is 0 Å². The summed E-state index contributed by atoms with van der Waals surface area (Å²) in [6, 6.07) is 5.48. The zero-order valence-electron chi connectivity index (χ0n) is 19.6. The Morgan fingerprint density at radius 2 is 2.06 bits per heavy atom. The Hall–Kier alpha value is -2.59. The van der Waals surface area contributed by atoms with Crippen LogP contribution < -0.4 is 10.2 Å². The lowest BCUT2D eigenvalue weighted by molar-refractivity contribution is 0.0996. The van der Waals surface area contributed by atoms with E-state index in [4.69, 9.17) is 18.1 Å². The number of β-amino-alcohol motifs (C(OH)–C–C–N with tert-alkyl or cyclic N) is 1. The molecule has 2 aromatic heterocycles. The first-order chi connectivity index (χ1) is 16.3. The van der Waals surface area contributed by atoms with Crippen molar-refractivity contribution in [2.45, 2.75) is 20.3 Å². The SMILES string of the molecule is [2H]c1cc(C)c(CC(=O)c2cnc(Nc3cc(N4CCN(CCO)CC4)nc(C)n3)s2)c(Cl)c1. The Labute approximate surface area is 203 Å². The Balaban J connectivity index is 1.43. The summed E-state index contributed by atoms with van der Waals surface area (Å²) < 4.78 is 7.74. The second kappa shape index (κ2) is 10.6. The lowest BCUT2D eigenvalue weighted by Gasteiger charge is -2.35. The monoisotopic (exact) mass is 487 g/mol. The van der Waals surface area contributed by atoms with Gasteiger partial charge in [-0.15, -0.1) is 0 Å². The molecule has 10 heteroatoms. The van der Waals surface area contributed by atoms with E-state index in [2.05, 4.69) is 30.1 Å². The van der Waals surface area contributed by atoms with Crippen molar-refractivity contribution in [3.63, 3.8) is 0 Å². The van der Waals surface area contributed by atoms with Gasteiger partial charge in [-0.05, 0) is 31.0 Å². The fourth-order valence-electron chi connectivity index (χ4n) is 3.76. The van der Waals surface area contributed by atoms with E-state index in [1.165, 1.54) is 11.3 Å². The van der Waals surface area contributed by atoms with Crippen molar-refractivity contribution in [3.05, 3.63) is 57.3 Å². The molecule has 1 aliphatic rings. The first-order valence-corrected chi connectivity index (χ1v) is 12.0. The number of anilines is 3. The third-order valence-corrected chi connectivity index (χ3v) is 6.86. The van der Waals surface area contributed by atoms with Crippen molar-refractivity contribution in [1.29, 1.82) is 0 Å². The molecule has 1 aliphatic heterocycles. The number of aliphatic hydroxyl groups is 1. The minimum Gasteiger partial charge on any atom is -0.395 e. The highest BCUT2D eigenvalue weighted by Crippen LogP contribution is 2.27. The van der Waals surface area contributed by atoms with Crippen LogP contribution in [0, 0.1) is 13.8 Å². The molecule has 0 unspecified atom stereocenters. The number of piperazine rings is 1. The van der Waals surface area contributed by atoms with Gasteiger partial charge in [0.1, 0.15) is 17.5 Å². The number of nitrogens with zero attached hydrogens (tertiary/aromatic N) is 5. The average Bonchev–Trinajstić information content (AvgIpc) is 3.25. The van der Waals surface area contributed by atoms with Crippen LogP contribution in [0.3, 0.4) is 0 Å². The van der Waals surface area contributed by atoms with Gasteiger partial charge < -0.3 is 15.3 Å². The van der Waals surface area contributed by atoms with Gasteiger partial charge in [0.15, 0.2) is 10.9 Å². The van der Waals surface area contributed by atoms with Crippen LogP contribution in [-0.4, -0.2) is 70.1 Å². The molecule has 0 aliphatic carbocycles. The van der Waals surface area contributed by atoms with E-state index < -0.39 is 0 Å². The number of hydrogen-bond donors (Lipinski definition) is 2. The normalized spacial score (nSPS) is 14.9. The van der Waals surface area contributed by atoms with Crippen LogP contribution in [0.4, 0.5) is 16.8 Å². The smallest absolute Gasteiger partial charge is 0.188 e. The minimum atomic E-state index is -0.0754. The summed E-state index contributed by atoms with van der Waals surface area (Å²) in [5, 5.41) is 13.3. The number of ketones is 1. The summed E-state index contributed by atoms with van der Waals surface area (Å²) in [6.45, 7) is 7.97. The molecule has 3 aromatic rings. The Bertz CT molecular complexity index is 1160. The van der Waals surface area contributed by atoms with Gasteiger partial charge >= 0.3 is 0 Å². The number of aliphatic hydroxyl groups excluding tert-OH is 1. The van der Waals surface area contributed by atoms with E-state index >= 15 is 0 Å². The quantitative estimate of drug-likeness (QED) is 0.466. The van der Waals surface area contributed by atoms with Crippen LogP contribution in [0.25, 0.3) is 0 Å². The van der Waals surface area contributed by atoms with E-state index in [9.17, 15) is 4.79 Å². The van der Waals surface area contributed by atoms with Crippen molar-refractivity contribution < 1.29 is 11.3 Å². The van der Waals surface area contributed by atoms with Crippen LogP contribution in [-0.2, 0) is 6.42 Å². The number of Topliss-reactive ketones (excluding diaryl/α,β-unsaturated/α-hetero) is 1. The molecule has 174 valence electrons. The summed E-state index contributed by atoms with van der Waals surface area (Å²) in [7, 11) is 0. The number of aryl methyl sites for hydroxylation is 2. The number of hydrogen-bond acceptors (Lipinski definition) is 9. The predicted octanol–water partition coefficient (Wildman–Crippen LogP) is 3.49. The van der Waals surface area contributed by atoms with Crippen molar-refractivity contribution in [2.24, 2.45) is 0 Å². The number of aromatic nitrogens is 3. The molecule has 0 radical (unpaired) electrons. The van der Waals surface area contributed by atoms with E-state index in [-0.39, 0.29) is 18.8 Å². The lowest BCUT2D eigenvalue weighted by Crippen LogP contribution is -2.47. The molecule has 0 saturated carbocycles. The van der Waals surface area contributed by atoms with E-state index in [0.717, 1.165) is 43.1 Å². The van der Waals surface area contributed by atoms with Gasteiger partial charge in [0, 0.05) is 50.2 Å². The molecule has 2 N–H and O–H groups in total. The minimum absolute atomic E-state index is 0.0754.